The van der Waals surface area contributed by atoms with Crippen molar-refractivity contribution in [2.24, 2.45) is 0 Å². The summed E-state index contributed by atoms with van der Waals surface area (Å²) in [5.74, 6) is 1.11. The third kappa shape index (κ3) is 3.45. The largest absolute Gasteiger partial charge is 0.357 e. The van der Waals surface area contributed by atoms with Crippen LogP contribution in [0, 0.1) is 0 Å². The van der Waals surface area contributed by atoms with Gasteiger partial charge in [-0.05, 0) is 24.5 Å². The van der Waals surface area contributed by atoms with E-state index in [1.165, 1.54) is 31.2 Å². The van der Waals surface area contributed by atoms with Crippen molar-refractivity contribution in [1.29, 1.82) is 0 Å². The van der Waals surface area contributed by atoms with Crippen molar-refractivity contribution in [2.45, 2.75) is 58.2 Å². The van der Waals surface area contributed by atoms with Crippen LogP contribution in [0.15, 0.2) is 18.3 Å². The SMILES string of the molecule is CC(C)NCc1ccc(N(C)C2CCCC2)nc1. The molecular formula is C15H25N3. The van der Waals surface area contributed by atoms with Crippen LogP contribution in [0.4, 0.5) is 5.82 Å². The van der Waals surface area contributed by atoms with Crippen molar-refractivity contribution in [1.82, 2.24) is 10.3 Å². The van der Waals surface area contributed by atoms with Gasteiger partial charge in [-0.25, -0.2) is 4.98 Å². The van der Waals surface area contributed by atoms with Crippen molar-refractivity contribution in [3.8, 4) is 0 Å². The molecule has 0 amide bonds. The molecule has 1 aromatic heterocycles. The van der Waals surface area contributed by atoms with Crippen molar-refractivity contribution in [2.75, 3.05) is 11.9 Å². The quantitative estimate of drug-likeness (QED) is 0.867. The lowest BCUT2D eigenvalue weighted by Gasteiger charge is -2.25. The fourth-order valence-corrected chi connectivity index (χ4v) is 2.53. The molecule has 0 atom stereocenters. The molecule has 3 nitrogen and oxygen atoms in total. The van der Waals surface area contributed by atoms with Gasteiger partial charge in [-0.3, -0.25) is 0 Å². The second-order valence-electron chi connectivity index (χ2n) is 5.61. The summed E-state index contributed by atoms with van der Waals surface area (Å²) in [6.07, 6.45) is 7.36. The van der Waals surface area contributed by atoms with Crippen molar-refractivity contribution < 1.29 is 0 Å². The second kappa shape index (κ2) is 6.19. The van der Waals surface area contributed by atoms with E-state index in [0.29, 0.717) is 12.1 Å². The summed E-state index contributed by atoms with van der Waals surface area (Å²) < 4.78 is 0. The maximum Gasteiger partial charge on any atom is 0.128 e. The molecule has 1 aromatic rings. The highest BCUT2D eigenvalue weighted by Gasteiger charge is 2.20. The van der Waals surface area contributed by atoms with Crippen LogP contribution in [0.5, 0.6) is 0 Å². The minimum absolute atomic E-state index is 0.519. The highest BCUT2D eigenvalue weighted by atomic mass is 15.2. The minimum Gasteiger partial charge on any atom is -0.357 e. The summed E-state index contributed by atoms with van der Waals surface area (Å²) in [4.78, 5) is 6.93. The standard InChI is InChI=1S/C15H25N3/c1-12(2)16-10-13-8-9-15(17-11-13)18(3)14-6-4-5-7-14/h8-9,11-12,14,16H,4-7,10H2,1-3H3. The fraction of sp³-hybridized carbons (Fsp3) is 0.667. The van der Waals surface area contributed by atoms with E-state index in [9.17, 15) is 0 Å². The molecule has 0 unspecified atom stereocenters. The number of anilines is 1. The van der Waals surface area contributed by atoms with Crippen LogP contribution in [0.3, 0.4) is 0 Å². The predicted molar refractivity (Wildman–Crippen MR) is 76.9 cm³/mol. The molecule has 2 rings (SSSR count). The van der Waals surface area contributed by atoms with E-state index < -0.39 is 0 Å². The minimum atomic E-state index is 0.519. The lowest BCUT2D eigenvalue weighted by molar-refractivity contribution is 0.587. The molecule has 1 fully saturated rings. The molecule has 100 valence electrons. The zero-order chi connectivity index (χ0) is 13.0. The molecule has 1 N–H and O–H groups in total. The Morgan fingerprint density at radius 2 is 2.06 bits per heavy atom. The Bertz CT molecular complexity index is 353. The summed E-state index contributed by atoms with van der Waals surface area (Å²) in [5, 5.41) is 3.41. The molecule has 3 heteroatoms. The molecule has 0 spiro atoms. The lowest BCUT2D eigenvalue weighted by atomic mass is 10.2. The average Bonchev–Trinajstić information content (AvgIpc) is 2.90. The van der Waals surface area contributed by atoms with Crippen LogP contribution in [0.1, 0.15) is 45.1 Å². The van der Waals surface area contributed by atoms with Crippen LogP contribution in [0.25, 0.3) is 0 Å². The molecule has 1 aliphatic rings. The number of nitrogens with one attached hydrogen (secondary N) is 1. The van der Waals surface area contributed by atoms with Gasteiger partial charge < -0.3 is 10.2 Å². The second-order valence-corrected chi connectivity index (χ2v) is 5.61. The Morgan fingerprint density at radius 3 is 2.61 bits per heavy atom. The third-order valence-electron chi connectivity index (χ3n) is 3.76. The van der Waals surface area contributed by atoms with Crippen molar-refractivity contribution in [3.63, 3.8) is 0 Å². The molecule has 18 heavy (non-hydrogen) atoms. The van der Waals surface area contributed by atoms with E-state index in [2.05, 4.69) is 48.2 Å². The maximum absolute atomic E-state index is 4.59. The van der Waals surface area contributed by atoms with Crippen LogP contribution >= 0.6 is 0 Å². The molecule has 0 radical (unpaired) electrons. The fourth-order valence-electron chi connectivity index (χ4n) is 2.53. The maximum atomic E-state index is 4.59. The smallest absolute Gasteiger partial charge is 0.128 e. The van der Waals surface area contributed by atoms with Crippen molar-refractivity contribution >= 4 is 5.82 Å². The first-order chi connectivity index (χ1) is 8.66. The summed E-state index contributed by atoms with van der Waals surface area (Å²) in [5.41, 5.74) is 1.26. The first kappa shape index (κ1) is 13.3. The van der Waals surface area contributed by atoms with E-state index >= 15 is 0 Å². The zero-order valence-corrected chi connectivity index (χ0v) is 11.8. The van der Waals surface area contributed by atoms with Gasteiger partial charge in [0, 0.05) is 31.9 Å². The Balaban J connectivity index is 1.93. The number of hydrogen-bond donors (Lipinski definition) is 1. The van der Waals surface area contributed by atoms with Crippen LogP contribution < -0.4 is 10.2 Å². The average molecular weight is 247 g/mol. The number of aromatic nitrogens is 1. The van der Waals surface area contributed by atoms with Gasteiger partial charge >= 0.3 is 0 Å². The van der Waals surface area contributed by atoms with Gasteiger partial charge in [0.1, 0.15) is 5.82 Å². The van der Waals surface area contributed by atoms with E-state index in [-0.39, 0.29) is 0 Å². The predicted octanol–water partition coefficient (Wildman–Crippen LogP) is 2.96. The van der Waals surface area contributed by atoms with Gasteiger partial charge in [0.25, 0.3) is 0 Å². The normalized spacial score (nSPS) is 16.4. The van der Waals surface area contributed by atoms with Gasteiger partial charge in [0.2, 0.25) is 0 Å². The van der Waals surface area contributed by atoms with Gasteiger partial charge in [0.05, 0.1) is 0 Å². The number of rotatable bonds is 5. The highest BCUT2D eigenvalue weighted by molar-refractivity contribution is 5.39. The molecule has 1 heterocycles. The highest BCUT2D eigenvalue weighted by Crippen LogP contribution is 2.25. The van der Waals surface area contributed by atoms with Gasteiger partial charge in [-0.1, -0.05) is 32.8 Å². The monoisotopic (exact) mass is 247 g/mol. The van der Waals surface area contributed by atoms with Crippen LogP contribution in [-0.2, 0) is 6.54 Å². The Labute approximate surface area is 111 Å². The van der Waals surface area contributed by atoms with E-state index in [1.54, 1.807) is 0 Å². The lowest BCUT2D eigenvalue weighted by Crippen LogP contribution is -2.29. The number of nitrogens with zero attached hydrogens (tertiary/aromatic N) is 2. The van der Waals surface area contributed by atoms with E-state index in [0.717, 1.165) is 12.4 Å². The first-order valence-electron chi connectivity index (χ1n) is 7.08. The van der Waals surface area contributed by atoms with E-state index in [1.807, 2.05) is 6.20 Å². The molecule has 1 aliphatic carbocycles. The summed E-state index contributed by atoms with van der Waals surface area (Å²) in [6.45, 7) is 5.23. The number of pyridine rings is 1. The van der Waals surface area contributed by atoms with Gasteiger partial charge in [-0.15, -0.1) is 0 Å². The van der Waals surface area contributed by atoms with Gasteiger partial charge in [-0.2, -0.15) is 0 Å². The molecule has 0 aliphatic heterocycles. The van der Waals surface area contributed by atoms with Crippen LogP contribution in [-0.4, -0.2) is 24.1 Å². The summed E-state index contributed by atoms with van der Waals surface area (Å²) in [6, 6.07) is 5.54. The molecule has 0 aromatic carbocycles. The zero-order valence-electron chi connectivity index (χ0n) is 11.8. The Morgan fingerprint density at radius 1 is 1.33 bits per heavy atom. The summed E-state index contributed by atoms with van der Waals surface area (Å²) in [7, 11) is 2.17. The Kier molecular flexibility index (Phi) is 4.59. The summed E-state index contributed by atoms with van der Waals surface area (Å²) >= 11 is 0. The van der Waals surface area contributed by atoms with Crippen molar-refractivity contribution in [3.05, 3.63) is 23.9 Å². The van der Waals surface area contributed by atoms with Crippen LogP contribution in [0.2, 0.25) is 0 Å². The first-order valence-corrected chi connectivity index (χ1v) is 7.08. The molecule has 1 saturated carbocycles. The molecule has 0 bridgehead atoms. The Hall–Kier alpha value is -1.09. The number of hydrogen-bond acceptors (Lipinski definition) is 3. The topological polar surface area (TPSA) is 28.2 Å². The third-order valence-corrected chi connectivity index (χ3v) is 3.76. The molecule has 0 saturated heterocycles. The van der Waals surface area contributed by atoms with Gasteiger partial charge in [0.15, 0.2) is 0 Å². The molecular weight excluding hydrogens is 222 g/mol. The van der Waals surface area contributed by atoms with E-state index in [4.69, 9.17) is 0 Å².